The molecule has 1 rings (SSSR count). The quantitative estimate of drug-likeness (QED) is 0.692. The minimum absolute atomic E-state index is 0.0475. The number of nitrogens with two attached hydrogens (primary N) is 1. The van der Waals surface area contributed by atoms with E-state index in [1.165, 1.54) is 0 Å². The van der Waals surface area contributed by atoms with Gasteiger partial charge in [-0.2, -0.15) is 0 Å². The number of rotatable bonds is 7. The minimum atomic E-state index is -3.63. The van der Waals surface area contributed by atoms with Gasteiger partial charge in [-0.3, -0.25) is 4.79 Å². The Morgan fingerprint density at radius 3 is 2.17 bits per heavy atom. The van der Waals surface area contributed by atoms with Crippen LogP contribution < -0.4 is 15.8 Å². The molecular formula is C16H27N3O3S. The van der Waals surface area contributed by atoms with Crippen molar-refractivity contribution in [3.8, 4) is 0 Å². The van der Waals surface area contributed by atoms with Crippen molar-refractivity contribution in [3.63, 3.8) is 0 Å². The lowest BCUT2D eigenvalue weighted by atomic mass is 10.1. The van der Waals surface area contributed by atoms with Crippen LogP contribution in [0.4, 0.5) is 0 Å². The fourth-order valence-electron chi connectivity index (χ4n) is 2.38. The van der Waals surface area contributed by atoms with Gasteiger partial charge in [-0.15, -0.1) is 0 Å². The van der Waals surface area contributed by atoms with Gasteiger partial charge in [0.1, 0.15) is 0 Å². The number of carbonyl (C=O) groups is 1. The summed E-state index contributed by atoms with van der Waals surface area (Å²) in [4.78, 5) is 12.0. The van der Waals surface area contributed by atoms with Gasteiger partial charge in [0, 0.05) is 25.0 Å². The number of carbonyl (C=O) groups excluding carboxylic acids is 1. The number of benzene rings is 1. The van der Waals surface area contributed by atoms with Crippen molar-refractivity contribution < 1.29 is 13.2 Å². The monoisotopic (exact) mass is 341 g/mol. The van der Waals surface area contributed by atoms with Gasteiger partial charge in [0.15, 0.2) is 0 Å². The molecule has 0 radical (unpaired) electrons. The second-order valence-electron chi connectivity index (χ2n) is 6.64. The zero-order valence-corrected chi connectivity index (χ0v) is 15.3. The van der Waals surface area contributed by atoms with E-state index in [9.17, 15) is 13.2 Å². The van der Waals surface area contributed by atoms with Crippen LogP contribution in [-0.2, 0) is 14.8 Å². The van der Waals surface area contributed by atoms with E-state index in [1.54, 1.807) is 27.7 Å². The van der Waals surface area contributed by atoms with Crippen LogP contribution in [-0.4, -0.2) is 33.0 Å². The van der Waals surface area contributed by atoms with Gasteiger partial charge < -0.3 is 11.1 Å². The largest absolute Gasteiger partial charge is 0.354 e. The maximum Gasteiger partial charge on any atom is 0.241 e. The van der Waals surface area contributed by atoms with Gasteiger partial charge in [0.2, 0.25) is 15.9 Å². The summed E-state index contributed by atoms with van der Waals surface area (Å²) in [6.45, 7) is 9.46. The molecular weight excluding hydrogens is 314 g/mol. The summed E-state index contributed by atoms with van der Waals surface area (Å²) in [5.41, 5.74) is 7.70. The summed E-state index contributed by atoms with van der Waals surface area (Å²) in [6.07, 6.45) is 0.0687. The second-order valence-corrected chi connectivity index (χ2v) is 8.34. The van der Waals surface area contributed by atoms with Crippen molar-refractivity contribution in [2.45, 2.75) is 51.5 Å². The first-order chi connectivity index (χ1) is 10.4. The van der Waals surface area contributed by atoms with Crippen molar-refractivity contribution in [2.75, 3.05) is 13.1 Å². The van der Waals surface area contributed by atoms with E-state index in [0.717, 1.165) is 5.56 Å². The number of nitrogens with one attached hydrogen (secondary N) is 2. The first-order valence-corrected chi connectivity index (χ1v) is 9.04. The predicted molar refractivity (Wildman–Crippen MR) is 91.7 cm³/mol. The highest BCUT2D eigenvalue weighted by molar-refractivity contribution is 7.89. The van der Waals surface area contributed by atoms with Gasteiger partial charge in [-0.1, -0.05) is 17.7 Å². The Morgan fingerprint density at radius 2 is 1.70 bits per heavy atom. The third-order valence-corrected chi connectivity index (χ3v) is 5.02. The molecule has 0 spiro atoms. The van der Waals surface area contributed by atoms with E-state index in [2.05, 4.69) is 10.0 Å². The summed E-state index contributed by atoms with van der Waals surface area (Å²) in [5.74, 6) is -0.233. The van der Waals surface area contributed by atoms with Crippen molar-refractivity contribution >= 4 is 15.9 Å². The minimum Gasteiger partial charge on any atom is -0.354 e. The van der Waals surface area contributed by atoms with Crippen LogP contribution in [0.5, 0.6) is 0 Å². The van der Waals surface area contributed by atoms with Gasteiger partial charge in [0.05, 0.1) is 4.90 Å². The van der Waals surface area contributed by atoms with Gasteiger partial charge in [0.25, 0.3) is 0 Å². The molecule has 0 unspecified atom stereocenters. The summed E-state index contributed by atoms with van der Waals surface area (Å²) in [7, 11) is -3.63. The molecule has 7 heteroatoms. The highest BCUT2D eigenvalue weighted by Crippen LogP contribution is 2.21. The molecule has 0 fully saturated rings. The van der Waals surface area contributed by atoms with E-state index >= 15 is 0 Å². The van der Waals surface area contributed by atoms with Crippen LogP contribution in [0.1, 0.15) is 37.0 Å². The molecule has 1 aromatic carbocycles. The summed E-state index contributed by atoms with van der Waals surface area (Å²) in [6, 6.07) is 3.66. The zero-order valence-electron chi connectivity index (χ0n) is 14.5. The predicted octanol–water partition coefficient (Wildman–Crippen LogP) is 1.13. The smallest absolute Gasteiger partial charge is 0.241 e. The number of hydrogen-bond acceptors (Lipinski definition) is 4. The Morgan fingerprint density at radius 1 is 1.17 bits per heavy atom. The van der Waals surface area contributed by atoms with Crippen LogP contribution in [0, 0.1) is 20.8 Å². The number of amides is 1. The maximum absolute atomic E-state index is 12.4. The van der Waals surface area contributed by atoms with Gasteiger partial charge in [-0.25, -0.2) is 13.1 Å². The van der Waals surface area contributed by atoms with E-state index in [4.69, 9.17) is 5.73 Å². The fourth-order valence-corrected chi connectivity index (χ4v) is 3.86. The number of sulfonamides is 1. The first kappa shape index (κ1) is 19.6. The Kier molecular flexibility index (Phi) is 6.33. The number of aryl methyl sites for hydroxylation is 3. The van der Waals surface area contributed by atoms with E-state index in [0.29, 0.717) is 17.7 Å². The molecule has 130 valence electrons. The molecule has 23 heavy (non-hydrogen) atoms. The second kappa shape index (κ2) is 7.42. The molecule has 0 aliphatic heterocycles. The van der Waals surface area contributed by atoms with E-state index in [1.807, 2.05) is 19.1 Å². The Balaban J connectivity index is 2.66. The third kappa shape index (κ3) is 6.29. The van der Waals surface area contributed by atoms with Crippen molar-refractivity contribution in [1.82, 2.24) is 10.0 Å². The highest BCUT2D eigenvalue weighted by atomic mass is 32.2. The summed E-state index contributed by atoms with van der Waals surface area (Å²) in [5, 5.41) is 2.68. The molecule has 0 atom stereocenters. The summed E-state index contributed by atoms with van der Waals surface area (Å²) < 4.78 is 27.3. The average molecular weight is 341 g/mol. The lowest BCUT2D eigenvalue weighted by molar-refractivity contribution is -0.121. The molecule has 1 aromatic rings. The number of hydrogen-bond donors (Lipinski definition) is 3. The molecule has 6 nitrogen and oxygen atoms in total. The van der Waals surface area contributed by atoms with Gasteiger partial charge >= 0.3 is 0 Å². The molecule has 0 aliphatic carbocycles. The molecule has 4 N–H and O–H groups in total. The highest BCUT2D eigenvalue weighted by Gasteiger charge is 2.20. The topological polar surface area (TPSA) is 101 Å². The van der Waals surface area contributed by atoms with E-state index < -0.39 is 15.6 Å². The lowest BCUT2D eigenvalue weighted by Crippen LogP contribution is -2.45. The SMILES string of the molecule is Cc1cc(C)c(S(=O)(=O)NCCC(=O)NCC(C)(C)N)c(C)c1. The first-order valence-electron chi connectivity index (χ1n) is 7.55. The standard InChI is InChI=1S/C16H27N3O3S/c1-11-8-12(2)15(13(3)9-11)23(21,22)19-7-6-14(20)18-10-16(4,5)17/h8-9,19H,6-7,10,17H2,1-5H3,(H,18,20). The van der Waals surface area contributed by atoms with Crippen molar-refractivity contribution in [2.24, 2.45) is 5.73 Å². The van der Waals surface area contributed by atoms with Crippen LogP contribution in [0.3, 0.4) is 0 Å². The van der Waals surface area contributed by atoms with Crippen molar-refractivity contribution in [1.29, 1.82) is 0 Å². The molecule has 0 aliphatic rings. The molecule has 0 saturated heterocycles. The molecule has 0 bridgehead atoms. The Labute approximate surface area is 138 Å². The van der Waals surface area contributed by atoms with Crippen LogP contribution in [0.25, 0.3) is 0 Å². The van der Waals surface area contributed by atoms with Crippen molar-refractivity contribution in [3.05, 3.63) is 28.8 Å². The van der Waals surface area contributed by atoms with Crippen LogP contribution in [0.2, 0.25) is 0 Å². The summed E-state index contributed by atoms with van der Waals surface area (Å²) >= 11 is 0. The third-order valence-electron chi connectivity index (χ3n) is 3.26. The van der Waals surface area contributed by atoms with Crippen LogP contribution >= 0.6 is 0 Å². The fraction of sp³-hybridized carbons (Fsp3) is 0.562. The molecule has 1 amide bonds. The average Bonchev–Trinajstić information content (AvgIpc) is 2.33. The molecule has 0 aromatic heterocycles. The van der Waals surface area contributed by atoms with Gasteiger partial charge in [-0.05, 0) is 45.7 Å². The Bertz CT molecular complexity index is 653. The zero-order chi connectivity index (χ0) is 17.8. The Hall–Kier alpha value is -1.44. The lowest BCUT2D eigenvalue weighted by Gasteiger charge is -2.19. The molecule has 0 saturated carbocycles. The normalized spacial score (nSPS) is 12.3. The van der Waals surface area contributed by atoms with Crippen LogP contribution in [0.15, 0.2) is 17.0 Å². The maximum atomic E-state index is 12.4. The molecule has 0 heterocycles. The van der Waals surface area contributed by atoms with E-state index in [-0.39, 0.29) is 23.8 Å².